The van der Waals surface area contributed by atoms with E-state index in [1.807, 2.05) is 30.5 Å². The summed E-state index contributed by atoms with van der Waals surface area (Å²) in [6.07, 6.45) is 1.93. The average molecular weight is 344 g/mol. The van der Waals surface area contributed by atoms with Crippen molar-refractivity contribution < 1.29 is 14.7 Å². The Labute approximate surface area is 145 Å². The lowest BCUT2D eigenvalue weighted by atomic mass is 10.1. The Balaban J connectivity index is 2.06. The fraction of sp³-hybridized carbons (Fsp3) is 0.222. The highest BCUT2D eigenvalue weighted by Gasteiger charge is 2.19. The monoisotopic (exact) mass is 344 g/mol. The van der Waals surface area contributed by atoms with Gasteiger partial charge in [0.15, 0.2) is 0 Å². The number of carbonyl (C=O) groups excluding carboxylic acids is 2. The van der Waals surface area contributed by atoms with Crippen molar-refractivity contribution in [1.82, 2.24) is 4.90 Å². The molecule has 0 unspecified atom stereocenters. The second-order valence-electron chi connectivity index (χ2n) is 5.38. The lowest BCUT2D eigenvalue weighted by molar-refractivity contribution is -0.116. The van der Waals surface area contributed by atoms with Crippen LogP contribution in [-0.2, 0) is 4.79 Å². The number of para-hydroxylation sites is 2. The van der Waals surface area contributed by atoms with Gasteiger partial charge in [-0.1, -0.05) is 24.3 Å². The van der Waals surface area contributed by atoms with Gasteiger partial charge in [0.05, 0.1) is 17.8 Å². The van der Waals surface area contributed by atoms with E-state index in [1.54, 1.807) is 25.1 Å². The molecule has 2 aromatic carbocycles. The summed E-state index contributed by atoms with van der Waals surface area (Å²) in [5.41, 5.74) is 1.52. The van der Waals surface area contributed by atoms with E-state index in [4.69, 9.17) is 0 Å². The smallest absolute Gasteiger partial charge is 0.257 e. The highest BCUT2D eigenvalue weighted by molar-refractivity contribution is 7.98. The second kappa shape index (κ2) is 7.88. The Morgan fingerprint density at radius 2 is 1.88 bits per heavy atom. The van der Waals surface area contributed by atoms with Crippen molar-refractivity contribution in [2.75, 3.05) is 25.2 Å². The Kier molecular flexibility index (Phi) is 5.87. The van der Waals surface area contributed by atoms with Crippen LogP contribution in [0, 0.1) is 6.92 Å². The predicted molar refractivity (Wildman–Crippen MR) is 96.7 cm³/mol. The Morgan fingerprint density at radius 3 is 2.58 bits per heavy atom. The number of hydrogen-bond donors (Lipinski definition) is 2. The van der Waals surface area contributed by atoms with E-state index in [-0.39, 0.29) is 23.8 Å². The Bertz CT molecular complexity index is 762. The first-order chi connectivity index (χ1) is 11.4. The zero-order valence-electron chi connectivity index (χ0n) is 13.9. The molecule has 2 N–H and O–H groups in total. The lowest BCUT2D eigenvalue weighted by Gasteiger charge is -2.18. The van der Waals surface area contributed by atoms with Crippen molar-refractivity contribution in [2.24, 2.45) is 0 Å². The van der Waals surface area contributed by atoms with E-state index in [0.29, 0.717) is 11.3 Å². The predicted octanol–water partition coefficient (Wildman–Crippen LogP) is 3.13. The van der Waals surface area contributed by atoms with Crippen LogP contribution in [-0.4, -0.2) is 41.7 Å². The SMILES string of the molecule is CSc1ccccc1NC(=O)CN(C)C(=O)c1cccc(C)c1O. The molecular weight excluding hydrogens is 324 g/mol. The molecular formula is C18H20N2O3S. The molecule has 0 aliphatic heterocycles. The summed E-state index contributed by atoms with van der Waals surface area (Å²) in [7, 11) is 1.53. The lowest BCUT2D eigenvalue weighted by Crippen LogP contribution is -2.35. The van der Waals surface area contributed by atoms with Gasteiger partial charge in [-0.25, -0.2) is 0 Å². The molecule has 24 heavy (non-hydrogen) atoms. The Morgan fingerprint density at radius 1 is 1.17 bits per heavy atom. The van der Waals surface area contributed by atoms with Gasteiger partial charge in [0.2, 0.25) is 5.91 Å². The third-order valence-corrected chi connectivity index (χ3v) is 4.37. The number of phenolic OH excluding ortho intramolecular Hbond substituents is 1. The number of aryl methyl sites for hydroxylation is 1. The molecule has 0 saturated carbocycles. The second-order valence-corrected chi connectivity index (χ2v) is 6.23. The maximum Gasteiger partial charge on any atom is 0.257 e. The molecule has 0 aromatic heterocycles. The van der Waals surface area contributed by atoms with Crippen LogP contribution < -0.4 is 5.32 Å². The number of carbonyl (C=O) groups is 2. The first kappa shape index (κ1) is 17.9. The molecule has 0 bridgehead atoms. The van der Waals surface area contributed by atoms with Crippen LogP contribution >= 0.6 is 11.8 Å². The van der Waals surface area contributed by atoms with Crippen molar-refractivity contribution >= 4 is 29.3 Å². The van der Waals surface area contributed by atoms with Gasteiger partial charge in [-0.15, -0.1) is 11.8 Å². The normalized spacial score (nSPS) is 10.3. The molecule has 0 radical (unpaired) electrons. The van der Waals surface area contributed by atoms with Crippen LogP contribution in [0.4, 0.5) is 5.69 Å². The van der Waals surface area contributed by atoms with Crippen molar-refractivity contribution in [3.8, 4) is 5.75 Å². The Hall–Kier alpha value is -2.47. The van der Waals surface area contributed by atoms with E-state index < -0.39 is 5.91 Å². The molecule has 0 saturated heterocycles. The number of phenols is 1. The largest absolute Gasteiger partial charge is 0.507 e. The van der Waals surface area contributed by atoms with Crippen LogP contribution in [0.15, 0.2) is 47.4 Å². The van der Waals surface area contributed by atoms with Gasteiger partial charge in [-0.3, -0.25) is 9.59 Å². The number of likely N-dealkylation sites (N-methyl/N-ethyl adjacent to an activating group) is 1. The van der Waals surface area contributed by atoms with E-state index in [1.165, 1.54) is 23.7 Å². The van der Waals surface area contributed by atoms with E-state index in [2.05, 4.69) is 5.32 Å². The van der Waals surface area contributed by atoms with Crippen LogP contribution in [0.1, 0.15) is 15.9 Å². The van der Waals surface area contributed by atoms with Crippen molar-refractivity contribution in [3.63, 3.8) is 0 Å². The standard InChI is InChI=1S/C18H20N2O3S/c1-12-7-6-8-13(17(12)22)18(23)20(2)11-16(21)19-14-9-4-5-10-15(14)24-3/h4-10,22H,11H2,1-3H3,(H,19,21). The number of nitrogens with one attached hydrogen (secondary N) is 1. The van der Waals surface area contributed by atoms with E-state index in [9.17, 15) is 14.7 Å². The maximum absolute atomic E-state index is 12.4. The molecule has 0 heterocycles. The molecule has 0 aliphatic rings. The first-order valence-corrected chi connectivity index (χ1v) is 8.63. The molecule has 6 heteroatoms. The van der Waals surface area contributed by atoms with Gasteiger partial charge in [-0.05, 0) is 36.9 Å². The molecule has 2 rings (SSSR count). The van der Waals surface area contributed by atoms with Crippen LogP contribution in [0.5, 0.6) is 5.75 Å². The van der Waals surface area contributed by atoms with Gasteiger partial charge in [0.1, 0.15) is 5.75 Å². The fourth-order valence-corrected chi connectivity index (χ4v) is 2.82. The fourth-order valence-electron chi connectivity index (χ4n) is 2.26. The van der Waals surface area contributed by atoms with E-state index >= 15 is 0 Å². The molecule has 0 fully saturated rings. The summed E-state index contributed by atoms with van der Waals surface area (Å²) in [5.74, 6) is -0.744. The summed E-state index contributed by atoms with van der Waals surface area (Å²) in [4.78, 5) is 26.9. The number of rotatable bonds is 5. The number of benzene rings is 2. The minimum atomic E-state index is -0.399. The van der Waals surface area contributed by atoms with Crippen LogP contribution in [0.25, 0.3) is 0 Å². The van der Waals surface area contributed by atoms with Crippen LogP contribution in [0.3, 0.4) is 0 Å². The topological polar surface area (TPSA) is 69.6 Å². The summed E-state index contributed by atoms with van der Waals surface area (Å²) >= 11 is 1.53. The summed E-state index contributed by atoms with van der Waals surface area (Å²) in [5, 5.41) is 12.8. The van der Waals surface area contributed by atoms with Gasteiger partial charge in [0.25, 0.3) is 5.91 Å². The molecule has 126 valence electrons. The minimum absolute atomic E-state index is 0.0533. The zero-order chi connectivity index (χ0) is 17.7. The number of amides is 2. The average Bonchev–Trinajstić information content (AvgIpc) is 2.57. The van der Waals surface area contributed by atoms with Crippen molar-refractivity contribution in [2.45, 2.75) is 11.8 Å². The van der Waals surface area contributed by atoms with Crippen molar-refractivity contribution in [3.05, 3.63) is 53.6 Å². The minimum Gasteiger partial charge on any atom is -0.507 e. The van der Waals surface area contributed by atoms with Crippen molar-refractivity contribution in [1.29, 1.82) is 0 Å². The number of nitrogens with zero attached hydrogens (tertiary/aromatic N) is 1. The third kappa shape index (κ3) is 4.08. The summed E-state index contributed by atoms with van der Waals surface area (Å²) < 4.78 is 0. The number of aromatic hydroxyl groups is 1. The quantitative estimate of drug-likeness (QED) is 0.818. The zero-order valence-corrected chi connectivity index (χ0v) is 14.7. The highest BCUT2D eigenvalue weighted by Crippen LogP contribution is 2.25. The molecule has 2 aromatic rings. The molecule has 2 amide bonds. The van der Waals surface area contributed by atoms with Gasteiger partial charge in [-0.2, -0.15) is 0 Å². The van der Waals surface area contributed by atoms with E-state index in [0.717, 1.165) is 4.90 Å². The number of hydrogen-bond acceptors (Lipinski definition) is 4. The van der Waals surface area contributed by atoms with Gasteiger partial charge in [0, 0.05) is 11.9 Å². The summed E-state index contributed by atoms with van der Waals surface area (Å²) in [6.45, 7) is 1.62. The summed E-state index contributed by atoms with van der Waals surface area (Å²) in [6, 6.07) is 12.4. The third-order valence-electron chi connectivity index (χ3n) is 3.58. The first-order valence-electron chi connectivity index (χ1n) is 7.41. The molecule has 0 atom stereocenters. The molecule has 5 nitrogen and oxygen atoms in total. The van der Waals surface area contributed by atoms with Gasteiger partial charge >= 0.3 is 0 Å². The number of anilines is 1. The van der Waals surface area contributed by atoms with Gasteiger partial charge < -0.3 is 15.3 Å². The van der Waals surface area contributed by atoms with Crippen LogP contribution in [0.2, 0.25) is 0 Å². The molecule has 0 spiro atoms. The maximum atomic E-state index is 12.4. The number of thioether (sulfide) groups is 1. The highest BCUT2D eigenvalue weighted by atomic mass is 32.2. The molecule has 0 aliphatic carbocycles.